The maximum absolute atomic E-state index is 13.9. The molecule has 0 bridgehead atoms. The summed E-state index contributed by atoms with van der Waals surface area (Å²) >= 11 is 5.88. The molecule has 0 spiro atoms. The van der Waals surface area contributed by atoms with Gasteiger partial charge in [-0.2, -0.15) is 0 Å². The summed E-state index contributed by atoms with van der Waals surface area (Å²) < 4.78 is 68.3. The van der Waals surface area contributed by atoms with Crippen molar-refractivity contribution in [1.29, 1.82) is 0 Å². The highest BCUT2D eigenvalue weighted by molar-refractivity contribution is 7.92. The van der Waals surface area contributed by atoms with Gasteiger partial charge in [-0.05, 0) is 56.3 Å². The fourth-order valence-corrected chi connectivity index (χ4v) is 5.22. The Hall–Kier alpha value is -2.76. The van der Waals surface area contributed by atoms with Gasteiger partial charge in [0, 0.05) is 27.7 Å². The van der Waals surface area contributed by atoms with E-state index in [2.05, 4.69) is 19.4 Å². The molecule has 0 atom stereocenters. The highest BCUT2D eigenvalue weighted by Crippen LogP contribution is 2.23. The molecule has 0 fully saturated rings. The predicted octanol–water partition coefficient (Wildman–Crippen LogP) is 3.63. The van der Waals surface area contributed by atoms with E-state index in [0.717, 1.165) is 6.07 Å². The Morgan fingerprint density at radius 2 is 1.55 bits per heavy atom. The molecule has 0 aliphatic heterocycles. The van der Waals surface area contributed by atoms with E-state index in [0.29, 0.717) is 11.4 Å². The predicted molar refractivity (Wildman–Crippen MR) is 116 cm³/mol. The van der Waals surface area contributed by atoms with E-state index < -0.39 is 31.6 Å². The lowest BCUT2D eigenvalue weighted by molar-refractivity contribution is 0.591. The lowest BCUT2D eigenvalue weighted by Gasteiger charge is -2.11. The Kier molecular flexibility index (Phi) is 6.48. The quantitative estimate of drug-likeness (QED) is 0.528. The largest absolute Gasteiger partial charge is 0.283 e. The summed E-state index contributed by atoms with van der Waals surface area (Å²) in [5.41, 5.74) is 1.15. The molecule has 3 aromatic rings. The molecule has 164 valence electrons. The molecule has 0 saturated heterocycles. The zero-order valence-electron chi connectivity index (χ0n) is 16.4. The van der Waals surface area contributed by atoms with Gasteiger partial charge in [-0.3, -0.25) is 4.72 Å². The van der Waals surface area contributed by atoms with Crippen molar-refractivity contribution in [1.82, 2.24) is 9.97 Å². The van der Waals surface area contributed by atoms with Gasteiger partial charge in [-0.15, -0.1) is 0 Å². The van der Waals surface area contributed by atoms with Crippen molar-refractivity contribution < 1.29 is 21.2 Å². The normalized spacial score (nSPS) is 11.9. The Bertz CT molecular complexity index is 1290. The van der Waals surface area contributed by atoms with Crippen LogP contribution >= 0.6 is 11.6 Å². The first-order chi connectivity index (χ1) is 14.4. The average molecular weight is 485 g/mol. The summed E-state index contributed by atoms with van der Waals surface area (Å²) in [4.78, 5) is 7.95. The molecule has 1 heterocycles. The molecule has 0 unspecified atom stereocenters. The molecule has 2 N–H and O–H groups in total. The Morgan fingerprint density at radius 1 is 0.935 bits per heavy atom. The van der Waals surface area contributed by atoms with Crippen LogP contribution in [0.2, 0.25) is 5.02 Å². The summed E-state index contributed by atoms with van der Waals surface area (Å²) in [5.74, 6) is -1.48. The molecule has 0 radical (unpaired) electrons. The summed E-state index contributed by atoms with van der Waals surface area (Å²) in [6.07, 6.45) is 0. The third-order valence-electron chi connectivity index (χ3n) is 4.04. The van der Waals surface area contributed by atoms with Gasteiger partial charge in [-0.1, -0.05) is 17.7 Å². The number of hydrogen-bond acceptors (Lipinski definition) is 6. The van der Waals surface area contributed by atoms with Crippen LogP contribution in [0.15, 0.2) is 53.4 Å². The van der Waals surface area contributed by atoms with Crippen molar-refractivity contribution in [3.05, 3.63) is 76.3 Å². The minimum Gasteiger partial charge on any atom is -0.283 e. The maximum atomic E-state index is 13.9. The Balaban J connectivity index is 1.76. The molecule has 1 aromatic heterocycles. The third kappa shape index (κ3) is 5.90. The molecular weight excluding hydrogens is 467 g/mol. The monoisotopic (exact) mass is 484 g/mol. The molecule has 3 rings (SSSR count). The van der Waals surface area contributed by atoms with E-state index in [1.807, 2.05) is 0 Å². The van der Waals surface area contributed by atoms with E-state index in [1.54, 1.807) is 19.9 Å². The second kappa shape index (κ2) is 8.77. The molecule has 0 aliphatic rings. The number of rotatable bonds is 7. The highest BCUT2D eigenvalue weighted by Gasteiger charge is 2.19. The van der Waals surface area contributed by atoms with E-state index >= 15 is 0 Å². The van der Waals surface area contributed by atoms with Crippen molar-refractivity contribution in [3.63, 3.8) is 0 Å². The van der Waals surface area contributed by atoms with Crippen molar-refractivity contribution >= 4 is 43.3 Å². The first kappa shape index (κ1) is 22.9. The second-order valence-electron chi connectivity index (χ2n) is 6.67. The number of aromatic nitrogens is 2. The Morgan fingerprint density at radius 3 is 2.13 bits per heavy atom. The Labute approximate surface area is 184 Å². The van der Waals surface area contributed by atoms with Crippen LogP contribution in [0.1, 0.15) is 17.0 Å². The number of aryl methyl sites for hydroxylation is 2. The van der Waals surface area contributed by atoms with Crippen molar-refractivity contribution in [3.8, 4) is 0 Å². The smallest absolute Gasteiger partial charge is 0.264 e. The van der Waals surface area contributed by atoms with Gasteiger partial charge in [0.05, 0.1) is 10.6 Å². The van der Waals surface area contributed by atoms with Gasteiger partial charge in [0.15, 0.2) is 0 Å². The number of nitrogens with zero attached hydrogens (tertiary/aromatic N) is 2. The van der Waals surface area contributed by atoms with Crippen LogP contribution in [-0.4, -0.2) is 26.8 Å². The first-order valence-electron chi connectivity index (χ1n) is 8.84. The minimum atomic E-state index is -4.00. The van der Waals surface area contributed by atoms with E-state index in [9.17, 15) is 21.2 Å². The first-order valence-corrected chi connectivity index (χ1v) is 12.3. The zero-order valence-corrected chi connectivity index (χ0v) is 18.8. The fraction of sp³-hybridized carbons (Fsp3) is 0.158. The van der Waals surface area contributed by atoms with E-state index in [1.165, 1.54) is 36.4 Å². The van der Waals surface area contributed by atoms with Gasteiger partial charge in [0.1, 0.15) is 5.82 Å². The third-order valence-corrected chi connectivity index (χ3v) is 6.96. The average Bonchev–Trinajstić information content (AvgIpc) is 2.64. The van der Waals surface area contributed by atoms with Crippen LogP contribution in [0, 0.1) is 19.7 Å². The van der Waals surface area contributed by atoms with Crippen molar-refractivity contribution in [2.45, 2.75) is 24.5 Å². The van der Waals surface area contributed by atoms with Gasteiger partial charge in [0.25, 0.3) is 10.0 Å². The molecule has 31 heavy (non-hydrogen) atoms. The van der Waals surface area contributed by atoms with Crippen molar-refractivity contribution in [2.24, 2.45) is 0 Å². The topological polar surface area (TPSA) is 118 Å². The molecule has 0 amide bonds. The van der Waals surface area contributed by atoms with Crippen LogP contribution in [-0.2, 0) is 25.8 Å². The molecule has 0 aliphatic carbocycles. The van der Waals surface area contributed by atoms with Crippen LogP contribution in [0.3, 0.4) is 0 Å². The number of benzene rings is 2. The number of nitrogens with one attached hydrogen (secondary N) is 2. The highest BCUT2D eigenvalue weighted by atomic mass is 35.5. The lowest BCUT2D eigenvalue weighted by atomic mass is 10.2. The number of hydrogen-bond donors (Lipinski definition) is 2. The van der Waals surface area contributed by atoms with E-state index in [4.69, 9.17) is 11.6 Å². The second-order valence-corrected chi connectivity index (χ2v) is 10.5. The van der Waals surface area contributed by atoms with Crippen molar-refractivity contribution in [2.75, 3.05) is 9.44 Å². The number of anilines is 2. The molecular formula is C19H18ClFN4O4S2. The van der Waals surface area contributed by atoms with E-state index in [-0.39, 0.29) is 27.1 Å². The van der Waals surface area contributed by atoms with Gasteiger partial charge >= 0.3 is 0 Å². The van der Waals surface area contributed by atoms with Gasteiger partial charge < -0.3 is 0 Å². The van der Waals surface area contributed by atoms with Crippen LogP contribution in [0.4, 0.5) is 16.0 Å². The summed E-state index contributed by atoms with van der Waals surface area (Å²) in [6, 6.07) is 10.6. The van der Waals surface area contributed by atoms with Gasteiger partial charge in [0.2, 0.25) is 16.0 Å². The van der Waals surface area contributed by atoms with Crippen LogP contribution in [0.5, 0.6) is 0 Å². The van der Waals surface area contributed by atoms with Gasteiger partial charge in [-0.25, -0.2) is 35.9 Å². The maximum Gasteiger partial charge on any atom is 0.264 e. The number of halogens is 2. The summed E-state index contributed by atoms with van der Waals surface area (Å²) in [7, 11) is -7.98. The summed E-state index contributed by atoms with van der Waals surface area (Å²) in [5, 5.41) is -0.00787. The number of sulfonamides is 2. The molecule has 2 aromatic carbocycles. The summed E-state index contributed by atoms with van der Waals surface area (Å²) in [6.45, 7) is 3.42. The van der Waals surface area contributed by atoms with Crippen LogP contribution in [0.25, 0.3) is 0 Å². The fourth-order valence-electron chi connectivity index (χ4n) is 2.73. The zero-order chi connectivity index (χ0) is 22.8. The standard InChI is InChI=1S/C19H18ClFN4O4S2/c1-12-10-13(2)23-19(22-12)25-31(28,29)15-8-6-14(7-9-15)24-30(26,27)11-16-17(20)4-3-5-18(16)21/h3-10,24H,11H2,1-2H3,(H,22,23,25). The molecule has 8 nitrogen and oxygen atoms in total. The molecule has 12 heteroatoms. The molecule has 0 saturated carbocycles. The minimum absolute atomic E-state index is 0.00787. The lowest BCUT2D eigenvalue weighted by Crippen LogP contribution is -2.17. The SMILES string of the molecule is Cc1cc(C)nc(NS(=O)(=O)c2ccc(NS(=O)(=O)Cc3c(F)cccc3Cl)cc2)n1. The van der Waals surface area contributed by atoms with Crippen LogP contribution < -0.4 is 9.44 Å².